The molecule has 3 aliphatic rings. The number of fused-ring (bicyclic) bond motifs is 5. The molecule has 0 aliphatic carbocycles. The van der Waals surface area contributed by atoms with Gasteiger partial charge in [0.25, 0.3) is 0 Å². The molecule has 5 atom stereocenters. The zero-order valence-corrected chi connectivity index (χ0v) is 13.1. The Hall–Kier alpha value is -2.21. The van der Waals surface area contributed by atoms with Crippen LogP contribution in [0.3, 0.4) is 0 Å². The van der Waals surface area contributed by atoms with Gasteiger partial charge in [0.2, 0.25) is 0 Å². The average molecular weight is 332 g/mol. The number of methoxy groups -OCH3 is 1. The molecule has 1 aromatic carbocycles. The lowest BCUT2D eigenvalue weighted by atomic mass is 9.76. The lowest BCUT2D eigenvalue weighted by Gasteiger charge is -2.23. The van der Waals surface area contributed by atoms with Gasteiger partial charge in [-0.05, 0) is 36.6 Å². The van der Waals surface area contributed by atoms with Gasteiger partial charge in [-0.15, -0.1) is 0 Å². The van der Waals surface area contributed by atoms with Crippen molar-refractivity contribution in [3.05, 3.63) is 41.2 Å². The van der Waals surface area contributed by atoms with Crippen LogP contribution in [0, 0.1) is 17.7 Å². The number of rotatable bonds is 3. The van der Waals surface area contributed by atoms with Crippen LogP contribution in [-0.2, 0) is 23.8 Å². The maximum absolute atomic E-state index is 13.8. The Morgan fingerprint density at radius 1 is 1.33 bits per heavy atom. The van der Waals surface area contributed by atoms with Crippen molar-refractivity contribution in [1.29, 1.82) is 0 Å². The average Bonchev–Trinajstić information content (AvgIpc) is 3.27. The van der Waals surface area contributed by atoms with E-state index in [0.29, 0.717) is 11.1 Å². The van der Waals surface area contributed by atoms with Crippen molar-refractivity contribution in [3.63, 3.8) is 0 Å². The van der Waals surface area contributed by atoms with Crippen molar-refractivity contribution >= 4 is 18.0 Å². The highest BCUT2D eigenvalue weighted by atomic mass is 19.1. The molecule has 3 heterocycles. The molecule has 3 saturated heterocycles. The first-order chi connectivity index (χ1) is 11.6. The van der Waals surface area contributed by atoms with E-state index < -0.39 is 17.9 Å². The van der Waals surface area contributed by atoms with E-state index in [1.54, 1.807) is 12.1 Å². The SMILES string of the molecule is COC(=O)C=Cc1ccc(F)cc1C1OC(=O)C2C1C1CC[C@@H]2O1. The Kier molecular flexibility index (Phi) is 3.64. The fourth-order valence-corrected chi connectivity index (χ4v) is 4.13. The minimum absolute atomic E-state index is 0.0304. The normalized spacial score (nSPS) is 33.8. The van der Waals surface area contributed by atoms with Gasteiger partial charge in [-0.3, -0.25) is 4.79 Å². The lowest BCUT2D eigenvalue weighted by molar-refractivity contribution is -0.147. The molecule has 0 saturated carbocycles. The first-order valence-corrected chi connectivity index (χ1v) is 8.00. The zero-order valence-electron chi connectivity index (χ0n) is 13.1. The van der Waals surface area contributed by atoms with Crippen molar-refractivity contribution in [3.8, 4) is 0 Å². The topological polar surface area (TPSA) is 61.8 Å². The van der Waals surface area contributed by atoms with Crippen LogP contribution in [0.2, 0.25) is 0 Å². The Bertz CT molecular complexity index is 728. The standard InChI is InChI=1S/C18H17FO5/c1-22-14(20)7-3-9-2-4-10(19)8-11(9)17-15-12-5-6-13(23-12)16(15)18(21)24-17/h2-4,7-8,12-13,15-17H,5-6H2,1H3/t12?,13-,15?,16?,17?/m0/s1. The van der Waals surface area contributed by atoms with Crippen LogP contribution in [-0.4, -0.2) is 31.3 Å². The van der Waals surface area contributed by atoms with Gasteiger partial charge in [-0.25, -0.2) is 9.18 Å². The summed E-state index contributed by atoms with van der Waals surface area (Å²) in [5.74, 6) is -1.55. The smallest absolute Gasteiger partial charge is 0.330 e. The molecule has 2 bridgehead atoms. The highest BCUT2D eigenvalue weighted by Crippen LogP contribution is 2.55. The van der Waals surface area contributed by atoms with Crippen molar-refractivity contribution in [2.24, 2.45) is 11.8 Å². The van der Waals surface area contributed by atoms with Crippen molar-refractivity contribution < 1.29 is 28.2 Å². The molecule has 0 amide bonds. The van der Waals surface area contributed by atoms with Crippen LogP contribution in [0.15, 0.2) is 24.3 Å². The lowest BCUT2D eigenvalue weighted by Crippen LogP contribution is -2.28. The number of ether oxygens (including phenoxy) is 3. The van der Waals surface area contributed by atoms with Crippen molar-refractivity contribution in [2.45, 2.75) is 31.2 Å². The number of hydrogen-bond donors (Lipinski definition) is 0. The van der Waals surface area contributed by atoms with Gasteiger partial charge in [-0.1, -0.05) is 6.07 Å². The van der Waals surface area contributed by atoms with E-state index in [0.717, 1.165) is 12.8 Å². The summed E-state index contributed by atoms with van der Waals surface area (Å²) in [5, 5.41) is 0. The third-order valence-corrected chi connectivity index (χ3v) is 5.15. The van der Waals surface area contributed by atoms with Gasteiger partial charge in [0.05, 0.1) is 25.2 Å². The van der Waals surface area contributed by atoms with E-state index in [-0.39, 0.29) is 30.0 Å². The first kappa shape index (κ1) is 15.3. The molecule has 3 fully saturated rings. The maximum atomic E-state index is 13.8. The monoisotopic (exact) mass is 332 g/mol. The van der Waals surface area contributed by atoms with Crippen LogP contribution in [0.25, 0.3) is 6.08 Å². The molecule has 0 N–H and O–H groups in total. The van der Waals surface area contributed by atoms with Gasteiger partial charge in [-0.2, -0.15) is 0 Å². The van der Waals surface area contributed by atoms with Crippen molar-refractivity contribution in [2.75, 3.05) is 7.11 Å². The molecular weight excluding hydrogens is 315 g/mol. The Labute approximate surface area is 138 Å². The van der Waals surface area contributed by atoms with Crippen LogP contribution < -0.4 is 0 Å². The molecule has 126 valence electrons. The summed E-state index contributed by atoms with van der Waals surface area (Å²) in [6.45, 7) is 0. The number of hydrogen-bond acceptors (Lipinski definition) is 5. The largest absolute Gasteiger partial charge is 0.466 e. The second kappa shape index (κ2) is 5.70. The summed E-state index contributed by atoms with van der Waals surface area (Å²) in [4.78, 5) is 23.6. The van der Waals surface area contributed by atoms with Gasteiger partial charge in [0, 0.05) is 17.6 Å². The third-order valence-electron chi connectivity index (χ3n) is 5.15. The van der Waals surface area contributed by atoms with Crippen LogP contribution in [0.1, 0.15) is 30.1 Å². The van der Waals surface area contributed by atoms with E-state index >= 15 is 0 Å². The zero-order chi connectivity index (χ0) is 16.8. The number of cyclic esters (lactones) is 1. The molecule has 0 spiro atoms. The molecule has 0 radical (unpaired) electrons. The molecule has 0 aromatic heterocycles. The Morgan fingerprint density at radius 2 is 2.12 bits per heavy atom. The Balaban J connectivity index is 1.71. The predicted molar refractivity (Wildman–Crippen MR) is 81.2 cm³/mol. The minimum atomic E-state index is -0.550. The van der Waals surface area contributed by atoms with E-state index in [1.807, 2.05) is 0 Å². The second-order valence-electron chi connectivity index (χ2n) is 6.38. The predicted octanol–water partition coefficient (Wildman–Crippen LogP) is 2.40. The minimum Gasteiger partial charge on any atom is -0.466 e. The number of esters is 2. The molecule has 4 rings (SSSR count). The van der Waals surface area contributed by atoms with E-state index in [9.17, 15) is 14.0 Å². The Morgan fingerprint density at radius 3 is 2.92 bits per heavy atom. The molecule has 1 aromatic rings. The molecule has 4 unspecified atom stereocenters. The summed E-state index contributed by atoms with van der Waals surface area (Å²) >= 11 is 0. The number of carbonyl (C=O) groups excluding carboxylic acids is 2. The molecule has 5 nitrogen and oxygen atoms in total. The summed E-state index contributed by atoms with van der Waals surface area (Å²) < 4.78 is 29.8. The summed E-state index contributed by atoms with van der Waals surface area (Å²) in [6, 6.07) is 4.24. The van der Waals surface area contributed by atoms with Crippen LogP contribution >= 0.6 is 0 Å². The van der Waals surface area contributed by atoms with Gasteiger partial charge >= 0.3 is 11.9 Å². The van der Waals surface area contributed by atoms with Gasteiger partial charge < -0.3 is 14.2 Å². The second-order valence-corrected chi connectivity index (χ2v) is 6.38. The highest BCUT2D eigenvalue weighted by Gasteiger charge is 2.61. The van der Waals surface area contributed by atoms with Gasteiger partial charge in [0.1, 0.15) is 11.9 Å². The number of benzene rings is 1. The number of carbonyl (C=O) groups is 2. The fourth-order valence-electron chi connectivity index (χ4n) is 4.13. The fraction of sp³-hybridized carbons (Fsp3) is 0.444. The molecule has 24 heavy (non-hydrogen) atoms. The molecule has 3 aliphatic heterocycles. The number of halogens is 1. The third kappa shape index (κ3) is 2.33. The van der Waals surface area contributed by atoms with Crippen LogP contribution in [0.5, 0.6) is 0 Å². The first-order valence-electron chi connectivity index (χ1n) is 8.00. The molecular formula is C18H17FO5. The summed E-state index contributed by atoms with van der Waals surface area (Å²) in [5.41, 5.74) is 1.19. The summed E-state index contributed by atoms with van der Waals surface area (Å²) in [6.07, 6.45) is 3.91. The van der Waals surface area contributed by atoms with Crippen molar-refractivity contribution in [1.82, 2.24) is 0 Å². The van der Waals surface area contributed by atoms with Crippen LogP contribution in [0.4, 0.5) is 4.39 Å². The summed E-state index contributed by atoms with van der Waals surface area (Å²) in [7, 11) is 1.29. The van der Waals surface area contributed by atoms with Gasteiger partial charge in [0.15, 0.2) is 0 Å². The quantitative estimate of drug-likeness (QED) is 0.628. The van der Waals surface area contributed by atoms with E-state index in [4.69, 9.17) is 9.47 Å². The highest BCUT2D eigenvalue weighted by molar-refractivity contribution is 5.87. The van der Waals surface area contributed by atoms with E-state index in [2.05, 4.69) is 4.74 Å². The molecule has 6 heteroatoms. The van der Waals surface area contributed by atoms with E-state index in [1.165, 1.54) is 25.3 Å². The maximum Gasteiger partial charge on any atom is 0.330 e.